The van der Waals surface area contributed by atoms with Crippen molar-refractivity contribution in [2.75, 3.05) is 12.5 Å². The summed E-state index contributed by atoms with van der Waals surface area (Å²) in [5.41, 5.74) is 4.19. The maximum atomic E-state index is 13.0. The SMILES string of the molecule is COc1ccc([C@H]2Nn3c(C)nnc3S[C@H]2C(=O)NCc2ccco2)cc1Cl. The molecule has 2 N–H and O–H groups in total. The zero-order valence-corrected chi connectivity index (χ0v) is 16.8. The van der Waals surface area contributed by atoms with E-state index in [9.17, 15) is 4.79 Å². The van der Waals surface area contributed by atoms with E-state index in [1.165, 1.54) is 11.8 Å². The zero-order chi connectivity index (χ0) is 19.7. The number of methoxy groups -OCH3 is 1. The molecular weight excluding hydrogens is 402 g/mol. The standard InChI is InChI=1S/C18H18ClN5O3S/c1-10-21-22-18-24(10)23-15(11-5-6-14(26-2)13(19)8-11)16(28-18)17(25)20-9-12-4-3-7-27-12/h3-8,15-16,23H,9H2,1-2H3,(H,20,25)/t15-,16-/m1/s1. The number of benzene rings is 1. The highest BCUT2D eigenvalue weighted by molar-refractivity contribution is 8.00. The first-order valence-electron chi connectivity index (χ1n) is 8.55. The van der Waals surface area contributed by atoms with E-state index in [0.717, 1.165) is 5.56 Å². The molecule has 2 aromatic heterocycles. The van der Waals surface area contributed by atoms with Gasteiger partial charge in [0, 0.05) is 0 Å². The van der Waals surface area contributed by atoms with Crippen LogP contribution < -0.4 is 15.5 Å². The first-order valence-corrected chi connectivity index (χ1v) is 9.81. The van der Waals surface area contributed by atoms with E-state index in [2.05, 4.69) is 20.9 Å². The minimum absolute atomic E-state index is 0.141. The van der Waals surface area contributed by atoms with Crippen LogP contribution in [0.4, 0.5) is 0 Å². The van der Waals surface area contributed by atoms with Crippen molar-refractivity contribution < 1.29 is 13.9 Å². The van der Waals surface area contributed by atoms with Gasteiger partial charge in [-0.15, -0.1) is 10.2 Å². The third kappa shape index (κ3) is 3.55. The van der Waals surface area contributed by atoms with E-state index in [4.69, 9.17) is 20.8 Å². The van der Waals surface area contributed by atoms with E-state index in [1.807, 2.05) is 19.1 Å². The van der Waals surface area contributed by atoms with Crippen LogP contribution in [0.25, 0.3) is 0 Å². The summed E-state index contributed by atoms with van der Waals surface area (Å²) < 4.78 is 12.3. The number of fused-ring (bicyclic) bond motifs is 1. The lowest BCUT2D eigenvalue weighted by Gasteiger charge is -2.32. The number of hydrogen-bond acceptors (Lipinski definition) is 7. The zero-order valence-electron chi connectivity index (χ0n) is 15.2. The summed E-state index contributed by atoms with van der Waals surface area (Å²) in [6.07, 6.45) is 1.58. The molecule has 1 aromatic carbocycles. The fourth-order valence-electron chi connectivity index (χ4n) is 2.97. The minimum atomic E-state index is -0.476. The fraction of sp³-hybridized carbons (Fsp3) is 0.278. The van der Waals surface area contributed by atoms with Gasteiger partial charge in [-0.3, -0.25) is 4.79 Å². The van der Waals surface area contributed by atoms with E-state index in [1.54, 1.807) is 36.2 Å². The van der Waals surface area contributed by atoms with E-state index in [0.29, 0.717) is 34.1 Å². The lowest BCUT2D eigenvalue weighted by atomic mass is 10.0. The highest BCUT2D eigenvalue weighted by atomic mass is 35.5. The first kappa shape index (κ1) is 18.7. The largest absolute Gasteiger partial charge is 0.495 e. The molecule has 10 heteroatoms. The third-order valence-corrected chi connectivity index (χ3v) is 5.92. The summed E-state index contributed by atoms with van der Waals surface area (Å²) in [7, 11) is 1.56. The van der Waals surface area contributed by atoms with Gasteiger partial charge >= 0.3 is 0 Å². The Labute approximate surface area is 170 Å². The van der Waals surface area contributed by atoms with Crippen LogP contribution in [0.1, 0.15) is 23.2 Å². The Hall–Kier alpha value is -2.65. The summed E-state index contributed by atoms with van der Waals surface area (Å²) in [4.78, 5) is 13.0. The van der Waals surface area contributed by atoms with Gasteiger partial charge < -0.3 is 19.9 Å². The molecule has 0 saturated carbocycles. The number of aryl methyl sites for hydroxylation is 1. The van der Waals surface area contributed by atoms with Gasteiger partial charge in [0.25, 0.3) is 0 Å². The van der Waals surface area contributed by atoms with Crippen LogP contribution in [0, 0.1) is 6.92 Å². The van der Waals surface area contributed by atoms with Crippen molar-refractivity contribution in [1.29, 1.82) is 0 Å². The van der Waals surface area contributed by atoms with Gasteiger partial charge in [-0.05, 0) is 36.8 Å². The van der Waals surface area contributed by atoms with Gasteiger partial charge in [0.2, 0.25) is 11.1 Å². The summed E-state index contributed by atoms with van der Waals surface area (Å²) in [6, 6.07) is 8.73. The molecule has 0 unspecified atom stereocenters. The van der Waals surface area contributed by atoms with Crippen molar-refractivity contribution in [3.05, 3.63) is 58.8 Å². The number of nitrogens with one attached hydrogen (secondary N) is 2. The molecule has 0 aliphatic carbocycles. The highest BCUT2D eigenvalue weighted by Gasteiger charge is 2.37. The number of halogens is 1. The average Bonchev–Trinajstić information content (AvgIpc) is 3.35. The van der Waals surface area contributed by atoms with Crippen molar-refractivity contribution >= 4 is 29.3 Å². The summed E-state index contributed by atoms with van der Waals surface area (Å²) in [6.45, 7) is 2.16. The van der Waals surface area contributed by atoms with Crippen molar-refractivity contribution in [2.45, 2.75) is 29.9 Å². The van der Waals surface area contributed by atoms with Crippen LogP contribution in [0.5, 0.6) is 5.75 Å². The average molecular weight is 420 g/mol. The van der Waals surface area contributed by atoms with E-state index < -0.39 is 5.25 Å². The molecule has 8 nitrogen and oxygen atoms in total. The van der Waals surface area contributed by atoms with Crippen LogP contribution in [0.2, 0.25) is 5.02 Å². The second-order valence-corrected chi connectivity index (χ2v) is 7.72. The number of rotatable bonds is 5. The Bertz CT molecular complexity index is 991. The molecule has 2 atom stereocenters. The number of carbonyl (C=O) groups excluding carboxylic acids is 1. The molecule has 4 rings (SSSR count). The van der Waals surface area contributed by atoms with Crippen LogP contribution in [0.15, 0.2) is 46.2 Å². The van der Waals surface area contributed by atoms with Crippen LogP contribution in [-0.4, -0.2) is 33.1 Å². The predicted molar refractivity (Wildman–Crippen MR) is 105 cm³/mol. The summed E-state index contributed by atoms with van der Waals surface area (Å²) >= 11 is 7.66. The maximum absolute atomic E-state index is 13.0. The second kappa shape index (κ2) is 7.76. The minimum Gasteiger partial charge on any atom is -0.495 e. The number of aromatic nitrogens is 3. The Morgan fingerprint density at radius 3 is 3.00 bits per heavy atom. The number of amides is 1. The Morgan fingerprint density at radius 2 is 2.29 bits per heavy atom. The topological polar surface area (TPSA) is 94.2 Å². The smallest absolute Gasteiger partial charge is 0.236 e. The molecule has 3 heterocycles. The molecular formula is C18H18ClN5O3S. The van der Waals surface area contributed by atoms with Gasteiger partial charge in [-0.25, -0.2) is 4.68 Å². The molecule has 0 saturated heterocycles. The normalized spacial score (nSPS) is 18.2. The lowest BCUT2D eigenvalue weighted by molar-refractivity contribution is -0.121. The number of hydrogen-bond donors (Lipinski definition) is 2. The first-order chi connectivity index (χ1) is 13.6. The second-order valence-electron chi connectivity index (χ2n) is 6.20. The molecule has 0 spiro atoms. The molecule has 1 aliphatic rings. The van der Waals surface area contributed by atoms with Gasteiger partial charge in [0.15, 0.2) is 0 Å². The fourth-order valence-corrected chi connectivity index (χ4v) is 4.39. The predicted octanol–water partition coefficient (Wildman–Crippen LogP) is 2.92. The van der Waals surface area contributed by atoms with Gasteiger partial charge in [0.05, 0.1) is 31.0 Å². The maximum Gasteiger partial charge on any atom is 0.236 e. The molecule has 1 amide bonds. The summed E-state index contributed by atoms with van der Waals surface area (Å²) in [5.74, 6) is 1.83. The van der Waals surface area contributed by atoms with Gasteiger partial charge in [0.1, 0.15) is 22.6 Å². The molecule has 0 fully saturated rings. The van der Waals surface area contributed by atoms with Gasteiger partial charge in [-0.1, -0.05) is 29.4 Å². The Kier molecular flexibility index (Phi) is 5.19. The molecule has 1 aliphatic heterocycles. The van der Waals surface area contributed by atoms with Crippen molar-refractivity contribution in [1.82, 2.24) is 20.2 Å². The monoisotopic (exact) mass is 419 g/mol. The number of carbonyl (C=O) groups is 1. The van der Waals surface area contributed by atoms with E-state index >= 15 is 0 Å². The van der Waals surface area contributed by atoms with Crippen LogP contribution in [-0.2, 0) is 11.3 Å². The lowest BCUT2D eigenvalue weighted by Crippen LogP contribution is -2.44. The number of ether oxygens (including phenoxy) is 1. The third-order valence-electron chi connectivity index (χ3n) is 4.41. The van der Waals surface area contributed by atoms with Crippen molar-refractivity contribution in [3.8, 4) is 5.75 Å². The molecule has 3 aromatic rings. The molecule has 0 radical (unpaired) electrons. The van der Waals surface area contributed by atoms with Crippen LogP contribution >= 0.6 is 23.4 Å². The Morgan fingerprint density at radius 1 is 1.43 bits per heavy atom. The molecule has 146 valence electrons. The van der Waals surface area contributed by atoms with Crippen molar-refractivity contribution in [3.63, 3.8) is 0 Å². The Balaban J connectivity index is 1.63. The van der Waals surface area contributed by atoms with E-state index in [-0.39, 0.29) is 11.9 Å². The number of nitrogens with zero attached hydrogens (tertiary/aromatic N) is 3. The highest BCUT2D eigenvalue weighted by Crippen LogP contribution is 2.38. The molecule has 0 bridgehead atoms. The number of furan rings is 1. The van der Waals surface area contributed by atoms with Gasteiger partial charge in [-0.2, -0.15) is 0 Å². The molecule has 28 heavy (non-hydrogen) atoms. The summed E-state index contributed by atoms with van der Waals surface area (Å²) in [5, 5.41) is 11.8. The quantitative estimate of drug-likeness (QED) is 0.656. The van der Waals surface area contributed by atoms with Crippen LogP contribution in [0.3, 0.4) is 0 Å². The number of thioether (sulfide) groups is 1. The van der Waals surface area contributed by atoms with Crippen molar-refractivity contribution in [2.24, 2.45) is 0 Å².